The highest BCUT2D eigenvalue weighted by molar-refractivity contribution is 5.29. The lowest BCUT2D eigenvalue weighted by Crippen LogP contribution is -2.51. The Hall–Kier alpha value is -1.53. The molecule has 1 aromatic rings. The maximum absolute atomic E-state index is 9.67. The number of ether oxygens (including phenoxy) is 1. The van der Waals surface area contributed by atoms with Gasteiger partial charge in [-0.3, -0.25) is 4.90 Å². The largest absolute Gasteiger partial charge is 0.497 e. The summed E-state index contributed by atoms with van der Waals surface area (Å²) in [5.74, 6) is 1.55. The van der Waals surface area contributed by atoms with E-state index in [1.807, 2.05) is 12.1 Å². The first-order valence-corrected chi connectivity index (χ1v) is 7.36. The van der Waals surface area contributed by atoms with E-state index in [-0.39, 0.29) is 0 Å². The Morgan fingerprint density at radius 3 is 2.65 bits per heavy atom. The Labute approximate surface area is 122 Å². The molecule has 0 bridgehead atoms. The number of piperidine rings is 1. The summed E-state index contributed by atoms with van der Waals surface area (Å²) in [5.41, 5.74) is 0.775. The van der Waals surface area contributed by atoms with Crippen LogP contribution in [-0.4, -0.2) is 30.6 Å². The van der Waals surface area contributed by atoms with Crippen LogP contribution in [0.5, 0.6) is 5.75 Å². The van der Waals surface area contributed by atoms with Crippen LogP contribution >= 0.6 is 0 Å². The van der Waals surface area contributed by atoms with Gasteiger partial charge in [0.2, 0.25) is 0 Å². The van der Waals surface area contributed by atoms with Crippen LogP contribution in [0.2, 0.25) is 0 Å². The fourth-order valence-corrected chi connectivity index (χ4v) is 3.00. The highest BCUT2D eigenvalue weighted by Crippen LogP contribution is 2.27. The topological polar surface area (TPSA) is 36.3 Å². The molecule has 0 spiro atoms. The monoisotopic (exact) mass is 272 g/mol. The summed E-state index contributed by atoms with van der Waals surface area (Å²) in [4.78, 5) is 2.35. The van der Waals surface area contributed by atoms with Crippen LogP contribution in [0.15, 0.2) is 24.3 Å². The summed E-state index contributed by atoms with van der Waals surface area (Å²) < 4.78 is 5.18. The zero-order valence-electron chi connectivity index (χ0n) is 12.7. The maximum Gasteiger partial charge on any atom is 0.118 e. The van der Waals surface area contributed by atoms with Gasteiger partial charge in [0.15, 0.2) is 0 Å². The molecule has 20 heavy (non-hydrogen) atoms. The SMILES string of the molecule is COc1ccc(CC(C)(C#N)N2CCCC(C)C2)cc1. The second-order valence-electron chi connectivity index (χ2n) is 6.10. The fourth-order valence-electron chi connectivity index (χ4n) is 3.00. The first-order chi connectivity index (χ1) is 9.57. The van der Waals surface area contributed by atoms with Crippen molar-refractivity contribution in [3.63, 3.8) is 0 Å². The minimum atomic E-state index is -0.413. The first kappa shape index (κ1) is 14.9. The van der Waals surface area contributed by atoms with Crippen molar-refractivity contribution in [3.8, 4) is 11.8 Å². The Kier molecular flexibility index (Phi) is 4.67. The van der Waals surface area contributed by atoms with E-state index in [9.17, 15) is 5.26 Å². The van der Waals surface area contributed by atoms with E-state index in [0.717, 1.165) is 25.3 Å². The van der Waals surface area contributed by atoms with Crippen LogP contribution in [0.4, 0.5) is 0 Å². The van der Waals surface area contributed by atoms with Crippen molar-refractivity contribution in [2.24, 2.45) is 5.92 Å². The van der Waals surface area contributed by atoms with E-state index in [0.29, 0.717) is 5.92 Å². The van der Waals surface area contributed by atoms with Gasteiger partial charge in [-0.1, -0.05) is 19.1 Å². The second-order valence-corrected chi connectivity index (χ2v) is 6.10. The molecular weight excluding hydrogens is 248 g/mol. The minimum Gasteiger partial charge on any atom is -0.497 e. The molecule has 108 valence electrons. The zero-order valence-corrected chi connectivity index (χ0v) is 12.7. The van der Waals surface area contributed by atoms with Crippen LogP contribution in [0.25, 0.3) is 0 Å². The normalized spacial score (nSPS) is 22.8. The van der Waals surface area contributed by atoms with E-state index >= 15 is 0 Å². The van der Waals surface area contributed by atoms with Gasteiger partial charge in [0, 0.05) is 13.0 Å². The van der Waals surface area contributed by atoms with Crippen molar-refractivity contribution in [1.29, 1.82) is 5.26 Å². The summed E-state index contributed by atoms with van der Waals surface area (Å²) in [6.45, 7) is 6.40. The molecule has 1 fully saturated rings. The van der Waals surface area contributed by atoms with Gasteiger partial charge in [-0.2, -0.15) is 5.26 Å². The van der Waals surface area contributed by atoms with Crippen molar-refractivity contribution in [3.05, 3.63) is 29.8 Å². The maximum atomic E-state index is 9.67. The Morgan fingerprint density at radius 1 is 1.40 bits per heavy atom. The van der Waals surface area contributed by atoms with E-state index < -0.39 is 5.54 Å². The number of likely N-dealkylation sites (tertiary alicyclic amines) is 1. The molecule has 1 aliphatic rings. The molecule has 0 amide bonds. The standard InChI is InChI=1S/C17H24N2O/c1-14-5-4-10-19(12-14)17(2,13-18)11-15-6-8-16(20-3)9-7-15/h6-9,14H,4-5,10-12H2,1-3H3. The van der Waals surface area contributed by atoms with Crippen LogP contribution in [0.1, 0.15) is 32.3 Å². The summed E-state index contributed by atoms with van der Waals surface area (Å²) >= 11 is 0. The average Bonchev–Trinajstić information content (AvgIpc) is 2.48. The third kappa shape index (κ3) is 3.32. The fraction of sp³-hybridized carbons (Fsp3) is 0.588. The van der Waals surface area contributed by atoms with Crippen molar-refractivity contribution in [2.75, 3.05) is 20.2 Å². The minimum absolute atomic E-state index is 0.413. The van der Waals surface area contributed by atoms with Gasteiger partial charge in [-0.05, 0) is 49.9 Å². The van der Waals surface area contributed by atoms with Crippen LogP contribution in [0.3, 0.4) is 0 Å². The van der Waals surface area contributed by atoms with Crippen LogP contribution in [0, 0.1) is 17.2 Å². The molecular formula is C17H24N2O. The number of benzene rings is 1. The number of methoxy groups -OCH3 is 1. The molecule has 2 unspecified atom stereocenters. The van der Waals surface area contributed by atoms with Gasteiger partial charge < -0.3 is 4.74 Å². The van der Waals surface area contributed by atoms with Crippen molar-refractivity contribution in [1.82, 2.24) is 4.90 Å². The Morgan fingerprint density at radius 2 is 2.10 bits per heavy atom. The number of hydrogen-bond donors (Lipinski definition) is 0. The van der Waals surface area contributed by atoms with Crippen LogP contribution in [-0.2, 0) is 6.42 Å². The molecule has 1 aliphatic heterocycles. The number of nitrogens with zero attached hydrogens (tertiary/aromatic N) is 2. The molecule has 0 aliphatic carbocycles. The zero-order chi connectivity index (χ0) is 14.6. The summed E-state index contributed by atoms with van der Waals surface area (Å²) in [6, 6.07) is 10.6. The van der Waals surface area contributed by atoms with Gasteiger partial charge in [-0.25, -0.2) is 0 Å². The molecule has 1 aromatic carbocycles. The van der Waals surface area contributed by atoms with Gasteiger partial charge in [0.25, 0.3) is 0 Å². The van der Waals surface area contributed by atoms with E-state index in [2.05, 4.69) is 36.9 Å². The third-order valence-corrected chi connectivity index (χ3v) is 4.30. The number of hydrogen-bond acceptors (Lipinski definition) is 3. The van der Waals surface area contributed by atoms with Gasteiger partial charge in [-0.15, -0.1) is 0 Å². The summed E-state index contributed by atoms with van der Waals surface area (Å²) in [6.07, 6.45) is 3.24. The molecule has 2 atom stereocenters. The average molecular weight is 272 g/mol. The Balaban J connectivity index is 2.11. The highest BCUT2D eigenvalue weighted by Gasteiger charge is 2.34. The van der Waals surface area contributed by atoms with Crippen LogP contribution < -0.4 is 4.74 Å². The molecule has 3 nitrogen and oxygen atoms in total. The van der Waals surface area contributed by atoms with Crippen molar-refractivity contribution < 1.29 is 4.74 Å². The molecule has 3 heteroatoms. The van der Waals surface area contributed by atoms with Crippen molar-refractivity contribution >= 4 is 0 Å². The molecule has 1 heterocycles. The molecule has 2 rings (SSSR count). The molecule has 0 N–H and O–H groups in total. The van der Waals surface area contributed by atoms with E-state index in [4.69, 9.17) is 4.74 Å². The van der Waals surface area contributed by atoms with E-state index in [1.165, 1.54) is 18.4 Å². The lowest BCUT2D eigenvalue weighted by Gasteiger charge is -2.41. The summed E-state index contributed by atoms with van der Waals surface area (Å²) in [5, 5.41) is 9.67. The highest BCUT2D eigenvalue weighted by atomic mass is 16.5. The number of rotatable bonds is 4. The van der Waals surface area contributed by atoms with Gasteiger partial charge in [0.1, 0.15) is 11.3 Å². The quantitative estimate of drug-likeness (QED) is 0.844. The Bertz CT molecular complexity index is 477. The molecule has 0 saturated carbocycles. The smallest absolute Gasteiger partial charge is 0.118 e. The molecule has 0 aromatic heterocycles. The predicted octanol–water partition coefficient (Wildman–Crippen LogP) is 3.25. The summed E-state index contributed by atoms with van der Waals surface area (Å²) in [7, 11) is 1.67. The third-order valence-electron chi connectivity index (χ3n) is 4.30. The number of nitriles is 1. The lowest BCUT2D eigenvalue weighted by atomic mass is 9.88. The predicted molar refractivity (Wildman–Crippen MR) is 80.7 cm³/mol. The molecule has 0 radical (unpaired) electrons. The molecule has 1 saturated heterocycles. The second kappa shape index (κ2) is 6.28. The first-order valence-electron chi connectivity index (χ1n) is 7.36. The van der Waals surface area contributed by atoms with Gasteiger partial charge in [0.05, 0.1) is 13.2 Å². The lowest BCUT2D eigenvalue weighted by molar-refractivity contribution is 0.0959. The van der Waals surface area contributed by atoms with Gasteiger partial charge >= 0.3 is 0 Å². The van der Waals surface area contributed by atoms with Crippen molar-refractivity contribution in [2.45, 2.75) is 38.6 Å². The van der Waals surface area contributed by atoms with E-state index in [1.54, 1.807) is 7.11 Å².